The minimum Gasteiger partial charge on any atom is -0.410 e. The summed E-state index contributed by atoms with van der Waals surface area (Å²) >= 11 is 0. The lowest BCUT2D eigenvalue weighted by Crippen LogP contribution is -2.31. The first-order valence-electron chi connectivity index (χ1n) is 5.82. The standard InChI is InChI=1S/C12H4F6N2O4/c13-11(14,15)3-1-4(12(16,17)18)6-5(2-3)19-10(23)9(22)7(20-24)8(6)21/h1-2,24H,(H,19,23)/b20-7-. The summed E-state index contributed by atoms with van der Waals surface area (Å²) in [6, 6.07) is -0.262. The molecule has 12 heteroatoms. The first-order chi connectivity index (χ1) is 10.9. The van der Waals surface area contributed by atoms with Crippen LogP contribution in [-0.4, -0.2) is 28.4 Å². The Morgan fingerprint density at radius 3 is 1.96 bits per heavy atom. The predicted molar refractivity (Wildman–Crippen MR) is 63.6 cm³/mol. The first-order valence-corrected chi connectivity index (χ1v) is 5.82. The molecule has 1 aromatic rings. The molecular formula is C12H4F6N2O4. The lowest BCUT2D eigenvalue weighted by Gasteiger charge is -2.17. The minimum absolute atomic E-state index is 0.0773. The molecule has 1 aliphatic rings. The first kappa shape index (κ1) is 17.4. The quantitative estimate of drug-likeness (QED) is 0.323. The fraction of sp³-hybridized carbons (Fsp3) is 0.167. The number of halogens is 6. The van der Waals surface area contributed by atoms with Gasteiger partial charge in [-0.3, -0.25) is 14.4 Å². The molecule has 2 N–H and O–H groups in total. The van der Waals surface area contributed by atoms with Crippen molar-refractivity contribution in [2.24, 2.45) is 5.16 Å². The number of nitrogens with zero attached hydrogens (tertiary/aromatic N) is 1. The Morgan fingerprint density at radius 2 is 1.50 bits per heavy atom. The molecule has 128 valence electrons. The number of ketones is 2. The zero-order valence-corrected chi connectivity index (χ0v) is 11.0. The molecule has 0 aromatic heterocycles. The second-order valence-electron chi connectivity index (χ2n) is 4.50. The number of rotatable bonds is 0. The molecule has 24 heavy (non-hydrogen) atoms. The average Bonchev–Trinajstić information content (AvgIpc) is 2.52. The van der Waals surface area contributed by atoms with Gasteiger partial charge in [0.05, 0.1) is 22.4 Å². The lowest BCUT2D eigenvalue weighted by molar-refractivity contribution is -0.143. The van der Waals surface area contributed by atoms with Crippen LogP contribution in [-0.2, 0) is 21.9 Å². The van der Waals surface area contributed by atoms with E-state index < -0.39 is 57.9 Å². The number of fused-ring (bicyclic) bond motifs is 1. The van der Waals surface area contributed by atoms with E-state index >= 15 is 0 Å². The number of carbonyl (C=O) groups excluding carboxylic acids is 3. The third-order valence-corrected chi connectivity index (χ3v) is 2.98. The van der Waals surface area contributed by atoms with Gasteiger partial charge in [-0.2, -0.15) is 26.3 Å². The molecule has 0 saturated heterocycles. The predicted octanol–water partition coefficient (Wildman–Crippen LogP) is 2.26. The summed E-state index contributed by atoms with van der Waals surface area (Å²) in [5.74, 6) is -5.35. The van der Waals surface area contributed by atoms with Crippen molar-refractivity contribution in [2.45, 2.75) is 12.4 Å². The molecule has 0 aliphatic carbocycles. The molecule has 0 saturated carbocycles. The molecule has 0 radical (unpaired) electrons. The summed E-state index contributed by atoms with van der Waals surface area (Å²) in [7, 11) is 0. The number of oxime groups is 1. The number of benzene rings is 1. The van der Waals surface area contributed by atoms with Gasteiger partial charge in [0.2, 0.25) is 11.5 Å². The van der Waals surface area contributed by atoms with Crippen LogP contribution in [0.1, 0.15) is 21.5 Å². The van der Waals surface area contributed by atoms with Crippen molar-refractivity contribution in [1.82, 2.24) is 0 Å². The van der Waals surface area contributed by atoms with Crippen LogP contribution >= 0.6 is 0 Å². The number of carbonyl (C=O) groups is 3. The summed E-state index contributed by atoms with van der Waals surface area (Å²) in [5, 5.41) is 12.3. The number of alkyl halides is 6. The van der Waals surface area contributed by atoms with Crippen LogP contribution in [0.2, 0.25) is 0 Å². The van der Waals surface area contributed by atoms with E-state index in [0.717, 1.165) is 0 Å². The Bertz CT molecular complexity index is 794. The molecular weight excluding hydrogens is 350 g/mol. The molecule has 0 bridgehead atoms. The Morgan fingerprint density at radius 1 is 0.917 bits per heavy atom. The maximum atomic E-state index is 13.1. The highest BCUT2D eigenvalue weighted by atomic mass is 19.4. The van der Waals surface area contributed by atoms with Crippen LogP contribution in [0.3, 0.4) is 0 Å². The van der Waals surface area contributed by atoms with Gasteiger partial charge in [-0.1, -0.05) is 5.16 Å². The van der Waals surface area contributed by atoms with Crippen molar-refractivity contribution < 1.29 is 45.9 Å². The van der Waals surface area contributed by atoms with Gasteiger partial charge in [-0.15, -0.1) is 0 Å². The molecule has 0 spiro atoms. The number of hydrogen-bond acceptors (Lipinski definition) is 5. The van der Waals surface area contributed by atoms with Crippen molar-refractivity contribution in [3.8, 4) is 0 Å². The third-order valence-electron chi connectivity index (χ3n) is 2.98. The number of nitrogens with one attached hydrogen (secondary N) is 1. The van der Waals surface area contributed by atoms with Gasteiger partial charge in [0.25, 0.3) is 11.7 Å². The Balaban J connectivity index is 2.90. The van der Waals surface area contributed by atoms with Crippen molar-refractivity contribution >= 4 is 28.9 Å². The van der Waals surface area contributed by atoms with Crippen LogP contribution in [0.25, 0.3) is 0 Å². The molecule has 1 heterocycles. The van der Waals surface area contributed by atoms with E-state index in [1.807, 2.05) is 0 Å². The van der Waals surface area contributed by atoms with Crippen molar-refractivity contribution in [3.63, 3.8) is 0 Å². The zero-order valence-electron chi connectivity index (χ0n) is 11.0. The van der Waals surface area contributed by atoms with Gasteiger partial charge >= 0.3 is 12.4 Å². The second-order valence-corrected chi connectivity index (χ2v) is 4.50. The maximum absolute atomic E-state index is 13.1. The zero-order chi connectivity index (χ0) is 18.4. The van der Waals surface area contributed by atoms with Crippen LogP contribution in [0.5, 0.6) is 0 Å². The van der Waals surface area contributed by atoms with E-state index in [2.05, 4.69) is 5.16 Å². The SMILES string of the molecule is O=C1Nc2cc(C(F)(F)F)cc(C(F)(F)F)c2C(=O)/C(=N/O)C1=O. The fourth-order valence-corrected chi connectivity index (χ4v) is 1.97. The highest BCUT2D eigenvalue weighted by molar-refractivity contribution is 6.83. The monoisotopic (exact) mass is 354 g/mol. The molecule has 0 atom stereocenters. The average molecular weight is 354 g/mol. The highest BCUT2D eigenvalue weighted by Crippen LogP contribution is 2.41. The normalized spacial score (nSPS) is 17.6. The lowest BCUT2D eigenvalue weighted by atomic mass is 9.95. The van der Waals surface area contributed by atoms with Gasteiger partial charge in [0.1, 0.15) is 0 Å². The smallest absolute Gasteiger partial charge is 0.410 e. The number of hydrogen-bond donors (Lipinski definition) is 2. The van der Waals surface area contributed by atoms with Gasteiger partial charge < -0.3 is 10.5 Å². The van der Waals surface area contributed by atoms with Gasteiger partial charge in [0, 0.05) is 0 Å². The molecule has 6 nitrogen and oxygen atoms in total. The largest absolute Gasteiger partial charge is 0.417 e. The number of amides is 1. The van der Waals surface area contributed by atoms with E-state index in [0.29, 0.717) is 0 Å². The van der Waals surface area contributed by atoms with E-state index in [1.54, 1.807) is 0 Å². The number of anilines is 1. The van der Waals surface area contributed by atoms with E-state index in [9.17, 15) is 40.7 Å². The minimum atomic E-state index is -5.42. The Kier molecular flexibility index (Phi) is 3.86. The molecule has 1 aromatic carbocycles. The summed E-state index contributed by atoms with van der Waals surface area (Å²) in [5.41, 5.74) is -7.97. The highest BCUT2D eigenvalue weighted by Gasteiger charge is 2.45. The van der Waals surface area contributed by atoms with Gasteiger partial charge in [-0.05, 0) is 12.1 Å². The van der Waals surface area contributed by atoms with E-state index in [-0.39, 0.29) is 12.1 Å². The summed E-state index contributed by atoms with van der Waals surface area (Å²) in [6.07, 6.45) is -10.6. The van der Waals surface area contributed by atoms with Gasteiger partial charge in [0.15, 0.2) is 0 Å². The van der Waals surface area contributed by atoms with Crippen LogP contribution in [0.15, 0.2) is 17.3 Å². The maximum Gasteiger partial charge on any atom is 0.417 e. The summed E-state index contributed by atoms with van der Waals surface area (Å²) in [4.78, 5) is 34.9. The number of Topliss-reactive ketones (excluding diaryl/α,β-unsaturated/α-hetero) is 2. The Labute approximate surface area is 127 Å². The van der Waals surface area contributed by atoms with Crippen LogP contribution < -0.4 is 5.32 Å². The van der Waals surface area contributed by atoms with E-state index in [1.165, 1.54) is 5.32 Å². The molecule has 1 aliphatic heterocycles. The summed E-state index contributed by atoms with van der Waals surface area (Å²) in [6.45, 7) is 0. The van der Waals surface area contributed by atoms with Crippen molar-refractivity contribution in [2.75, 3.05) is 5.32 Å². The molecule has 0 unspecified atom stereocenters. The van der Waals surface area contributed by atoms with E-state index in [4.69, 9.17) is 5.21 Å². The van der Waals surface area contributed by atoms with Gasteiger partial charge in [-0.25, -0.2) is 0 Å². The fourth-order valence-electron chi connectivity index (χ4n) is 1.97. The molecule has 2 rings (SSSR count). The molecule has 0 fully saturated rings. The van der Waals surface area contributed by atoms with Crippen LogP contribution in [0, 0.1) is 0 Å². The van der Waals surface area contributed by atoms with Crippen molar-refractivity contribution in [1.29, 1.82) is 0 Å². The molecule has 1 amide bonds. The van der Waals surface area contributed by atoms with Crippen LogP contribution in [0.4, 0.5) is 32.0 Å². The van der Waals surface area contributed by atoms with Crippen molar-refractivity contribution in [3.05, 3.63) is 28.8 Å². The topological polar surface area (TPSA) is 95.8 Å². The summed E-state index contributed by atoms with van der Waals surface area (Å²) < 4.78 is 77.4. The second kappa shape index (κ2) is 5.32. The third kappa shape index (κ3) is 2.81. The Hall–Kier alpha value is -2.92.